The standard InChI is InChI=1S/C25H32BrN5O/c1-18-4-2-3-5-21(18)15-29-6-8-30(9-7-29)22(32)24-11-19-10-20(12-24)14-25(13-19,16-24)31-17-27-23(26)28-31/h2-5,17,19-20H,6-16H2,1H3. The molecule has 2 atom stereocenters. The molecule has 170 valence electrons. The minimum Gasteiger partial charge on any atom is -0.340 e. The summed E-state index contributed by atoms with van der Waals surface area (Å²) in [5, 5.41) is 4.65. The summed E-state index contributed by atoms with van der Waals surface area (Å²) in [5.41, 5.74) is 2.53. The first-order valence-electron chi connectivity index (χ1n) is 12.1. The third kappa shape index (κ3) is 3.43. The lowest BCUT2D eigenvalue weighted by atomic mass is 9.46. The van der Waals surface area contributed by atoms with Crippen LogP contribution in [0, 0.1) is 24.2 Å². The molecular weight excluding hydrogens is 466 g/mol. The molecule has 7 heteroatoms. The Morgan fingerprint density at radius 1 is 1.09 bits per heavy atom. The predicted molar refractivity (Wildman–Crippen MR) is 126 cm³/mol. The summed E-state index contributed by atoms with van der Waals surface area (Å²) in [4.78, 5) is 23.0. The first kappa shape index (κ1) is 20.8. The summed E-state index contributed by atoms with van der Waals surface area (Å²) in [6.45, 7) is 6.79. The van der Waals surface area contributed by atoms with Crippen LogP contribution in [0.4, 0.5) is 0 Å². The monoisotopic (exact) mass is 497 g/mol. The SMILES string of the molecule is Cc1ccccc1CN1CCN(C(=O)C23CC4CC(C2)CC(n2cnc(Br)n2)(C4)C3)CC1. The Kier molecular flexibility index (Phi) is 4.99. The first-order chi connectivity index (χ1) is 15.4. The van der Waals surface area contributed by atoms with Crippen LogP contribution in [-0.4, -0.2) is 56.7 Å². The molecule has 1 saturated heterocycles. The van der Waals surface area contributed by atoms with Gasteiger partial charge in [0.05, 0.1) is 11.0 Å². The second kappa shape index (κ2) is 7.66. The lowest BCUT2D eigenvalue weighted by Gasteiger charge is -2.61. The number of piperazine rings is 1. The lowest BCUT2D eigenvalue weighted by molar-refractivity contribution is -0.168. The van der Waals surface area contributed by atoms with Crippen molar-refractivity contribution in [3.63, 3.8) is 0 Å². The Bertz CT molecular complexity index is 1010. The molecule has 2 unspecified atom stereocenters. The Hall–Kier alpha value is -1.73. The van der Waals surface area contributed by atoms with Crippen molar-refractivity contribution in [1.29, 1.82) is 0 Å². The van der Waals surface area contributed by atoms with Crippen molar-refractivity contribution in [1.82, 2.24) is 24.6 Å². The Morgan fingerprint density at radius 3 is 2.47 bits per heavy atom. The zero-order chi connectivity index (χ0) is 21.9. The van der Waals surface area contributed by atoms with Crippen LogP contribution in [-0.2, 0) is 16.9 Å². The van der Waals surface area contributed by atoms with Crippen molar-refractivity contribution in [3.8, 4) is 0 Å². The van der Waals surface area contributed by atoms with Crippen LogP contribution in [0.1, 0.15) is 49.7 Å². The number of aromatic nitrogens is 3. The molecule has 1 amide bonds. The van der Waals surface area contributed by atoms with Crippen molar-refractivity contribution in [3.05, 3.63) is 46.5 Å². The van der Waals surface area contributed by atoms with E-state index in [4.69, 9.17) is 0 Å². The van der Waals surface area contributed by atoms with Crippen LogP contribution in [0.3, 0.4) is 0 Å². The maximum Gasteiger partial charge on any atom is 0.228 e. The van der Waals surface area contributed by atoms with E-state index in [2.05, 4.69) is 71.7 Å². The number of carbonyl (C=O) groups excluding carboxylic acids is 1. The third-order valence-electron chi connectivity index (χ3n) is 8.75. The number of nitrogens with zero attached hydrogens (tertiary/aromatic N) is 5. The number of hydrogen-bond acceptors (Lipinski definition) is 4. The van der Waals surface area contributed by atoms with Crippen molar-refractivity contribution in [2.75, 3.05) is 26.2 Å². The normalized spacial score (nSPS) is 34.2. The number of aryl methyl sites for hydroxylation is 1. The fourth-order valence-electron chi connectivity index (χ4n) is 7.68. The van der Waals surface area contributed by atoms with Gasteiger partial charge in [0, 0.05) is 32.7 Å². The first-order valence-corrected chi connectivity index (χ1v) is 12.9. The van der Waals surface area contributed by atoms with E-state index in [1.165, 1.54) is 17.5 Å². The second-order valence-electron chi connectivity index (χ2n) is 10.9. The molecule has 0 N–H and O–H groups in total. The topological polar surface area (TPSA) is 54.3 Å². The summed E-state index contributed by atoms with van der Waals surface area (Å²) >= 11 is 3.43. The van der Waals surface area contributed by atoms with Gasteiger partial charge in [-0.3, -0.25) is 9.69 Å². The molecule has 4 saturated carbocycles. The molecule has 32 heavy (non-hydrogen) atoms. The van der Waals surface area contributed by atoms with Crippen LogP contribution >= 0.6 is 15.9 Å². The molecule has 4 bridgehead atoms. The van der Waals surface area contributed by atoms with Crippen molar-refractivity contribution in [2.45, 2.75) is 57.5 Å². The minimum absolute atomic E-state index is 0.0224. The van der Waals surface area contributed by atoms with Crippen LogP contribution in [0.15, 0.2) is 35.3 Å². The second-order valence-corrected chi connectivity index (χ2v) is 11.6. The van der Waals surface area contributed by atoms with Gasteiger partial charge < -0.3 is 4.90 Å². The molecule has 2 heterocycles. The molecule has 5 aliphatic rings. The number of carbonyl (C=O) groups is 1. The quantitative estimate of drug-likeness (QED) is 0.640. The highest BCUT2D eigenvalue weighted by molar-refractivity contribution is 9.10. The molecule has 6 nitrogen and oxygen atoms in total. The van der Waals surface area contributed by atoms with Gasteiger partial charge in [-0.1, -0.05) is 24.3 Å². The van der Waals surface area contributed by atoms with E-state index < -0.39 is 0 Å². The Labute approximate surface area is 198 Å². The van der Waals surface area contributed by atoms with Crippen molar-refractivity contribution in [2.24, 2.45) is 17.3 Å². The van der Waals surface area contributed by atoms with Gasteiger partial charge in [-0.2, -0.15) is 0 Å². The van der Waals surface area contributed by atoms with E-state index >= 15 is 0 Å². The molecule has 7 rings (SSSR count). The van der Waals surface area contributed by atoms with Crippen LogP contribution in [0.5, 0.6) is 0 Å². The number of benzene rings is 1. The summed E-state index contributed by atoms with van der Waals surface area (Å²) < 4.78 is 2.75. The minimum atomic E-state index is -0.194. The Morgan fingerprint density at radius 2 is 1.81 bits per heavy atom. The third-order valence-corrected chi connectivity index (χ3v) is 9.11. The summed E-state index contributed by atoms with van der Waals surface area (Å²) in [6, 6.07) is 8.64. The summed E-state index contributed by atoms with van der Waals surface area (Å²) in [7, 11) is 0. The van der Waals surface area contributed by atoms with E-state index in [0.29, 0.717) is 22.5 Å². The van der Waals surface area contributed by atoms with Gasteiger partial charge >= 0.3 is 0 Å². The van der Waals surface area contributed by atoms with Gasteiger partial charge in [0.15, 0.2) is 0 Å². The lowest BCUT2D eigenvalue weighted by Crippen LogP contribution is -2.62. The van der Waals surface area contributed by atoms with Crippen LogP contribution < -0.4 is 0 Å². The van der Waals surface area contributed by atoms with Crippen LogP contribution in [0.2, 0.25) is 0 Å². The van der Waals surface area contributed by atoms with Gasteiger partial charge in [0.1, 0.15) is 6.33 Å². The van der Waals surface area contributed by atoms with Gasteiger partial charge in [0.2, 0.25) is 10.6 Å². The van der Waals surface area contributed by atoms with E-state index in [9.17, 15) is 4.79 Å². The van der Waals surface area contributed by atoms with Gasteiger partial charge in [-0.25, -0.2) is 9.67 Å². The van der Waals surface area contributed by atoms with Gasteiger partial charge in [0.25, 0.3) is 0 Å². The predicted octanol–water partition coefficient (Wildman–Crippen LogP) is 3.99. The zero-order valence-electron chi connectivity index (χ0n) is 18.8. The highest BCUT2D eigenvalue weighted by Crippen LogP contribution is 2.64. The molecule has 1 aliphatic heterocycles. The highest BCUT2D eigenvalue weighted by atomic mass is 79.9. The molecule has 1 aromatic heterocycles. The van der Waals surface area contributed by atoms with E-state index in [1.807, 2.05) is 6.33 Å². The smallest absolute Gasteiger partial charge is 0.228 e. The average molecular weight is 498 g/mol. The fraction of sp³-hybridized carbons (Fsp3) is 0.640. The molecule has 5 fully saturated rings. The van der Waals surface area contributed by atoms with Crippen LogP contribution in [0.25, 0.3) is 0 Å². The number of amides is 1. The van der Waals surface area contributed by atoms with Crippen molar-refractivity contribution < 1.29 is 4.79 Å². The Balaban J connectivity index is 1.17. The summed E-state index contributed by atoms with van der Waals surface area (Å²) in [5.74, 6) is 1.71. The molecule has 4 aliphatic carbocycles. The van der Waals surface area contributed by atoms with Crippen molar-refractivity contribution >= 4 is 21.8 Å². The summed E-state index contributed by atoms with van der Waals surface area (Å²) in [6.07, 6.45) is 8.55. The number of halogens is 1. The fourth-order valence-corrected chi connectivity index (χ4v) is 7.94. The van der Waals surface area contributed by atoms with Gasteiger partial charge in [-0.15, -0.1) is 5.10 Å². The van der Waals surface area contributed by atoms with E-state index in [1.54, 1.807) is 0 Å². The number of hydrogen-bond donors (Lipinski definition) is 0. The maximum absolute atomic E-state index is 14.0. The zero-order valence-corrected chi connectivity index (χ0v) is 20.4. The largest absolute Gasteiger partial charge is 0.340 e. The van der Waals surface area contributed by atoms with Gasteiger partial charge in [-0.05, 0) is 84.3 Å². The highest BCUT2D eigenvalue weighted by Gasteiger charge is 2.62. The number of rotatable bonds is 4. The average Bonchev–Trinajstić information content (AvgIpc) is 3.22. The molecular formula is C25H32BrN5O. The van der Waals surface area contributed by atoms with E-state index in [-0.39, 0.29) is 11.0 Å². The maximum atomic E-state index is 14.0. The molecule has 0 spiro atoms. The van der Waals surface area contributed by atoms with E-state index in [0.717, 1.165) is 64.8 Å². The molecule has 1 aromatic carbocycles. The molecule has 2 aromatic rings. The molecule has 0 radical (unpaired) electrons.